The van der Waals surface area contributed by atoms with Gasteiger partial charge in [-0.1, -0.05) is 30.3 Å². The van der Waals surface area contributed by atoms with E-state index in [-0.39, 0.29) is 17.2 Å². The van der Waals surface area contributed by atoms with Crippen LogP contribution >= 0.6 is 0 Å². The number of carbonyl (C=O) groups excluding carboxylic acids is 1. The minimum Gasteiger partial charge on any atom is -0.339 e. The number of amides is 1. The maximum absolute atomic E-state index is 12.7. The second-order valence-corrected chi connectivity index (χ2v) is 5.45. The number of carbonyl (C=O) groups is 1. The van der Waals surface area contributed by atoms with Crippen molar-refractivity contribution >= 4 is 5.91 Å². The molecule has 1 amide bonds. The van der Waals surface area contributed by atoms with Crippen LogP contribution in [0.4, 0.5) is 13.2 Å². The Bertz CT molecular complexity index is 699. The molecule has 6 heteroatoms. The Morgan fingerprint density at radius 3 is 2.33 bits per heavy atom. The highest BCUT2D eigenvalue weighted by Crippen LogP contribution is 2.28. The van der Waals surface area contributed by atoms with Crippen molar-refractivity contribution in [3.63, 3.8) is 0 Å². The lowest BCUT2D eigenvalue weighted by Crippen LogP contribution is -2.33. The van der Waals surface area contributed by atoms with Crippen molar-refractivity contribution in [3.8, 4) is 0 Å². The van der Waals surface area contributed by atoms with Crippen LogP contribution in [-0.4, -0.2) is 28.9 Å². The van der Waals surface area contributed by atoms with Crippen LogP contribution in [0.15, 0.2) is 42.5 Å². The number of hydrogen-bond acceptors (Lipinski definition) is 2. The van der Waals surface area contributed by atoms with Gasteiger partial charge in [-0.2, -0.15) is 13.2 Å². The summed E-state index contributed by atoms with van der Waals surface area (Å²) >= 11 is 0. The highest BCUT2D eigenvalue weighted by atomic mass is 19.4. The van der Waals surface area contributed by atoms with Crippen LogP contribution in [0.1, 0.15) is 34.2 Å². The van der Waals surface area contributed by atoms with Crippen molar-refractivity contribution in [2.75, 3.05) is 13.1 Å². The number of nitrogens with zero attached hydrogens (tertiary/aromatic N) is 2. The molecule has 128 valence electrons. The number of alkyl halides is 3. The minimum atomic E-state index is -4.51. The lowest BCUT2D eigenvalue weighted by Gasteiger charge is -2.22. The fraction of sp³-hybridized carbons (Fsp3) is 0.333. The van der Waals surface area contributed by atoms with Crippen molar-refractivity contribution in [3.05, 3.63) is 65.0 Å². The van der Waals surface area contributed by atoms with Gasteiger partial charge in [0.15, 0.2) is 0 Å². The lowest BCUT2D eigenvalue weighted by molar-refractivity contribution is -0.141. The molecule has 0 aliphatic heterocycles. The molecule has 0 saturated heterocycles. The van der Waals surface area contributed by atoms with Gasteiger partial charge in [0.25, 0.3) is 5.91 Å². The number of likely N-dealkylation sites (N-methyl/N-ethyl adjacent to an activating group) is 1. The topological polar surface area (TPSA) is 33.2 Å². The molecule has 0 fully saturated rings. The number of benzene rings is 1. The van der Waals surface area contributed by atoms with Crippen molar-refractivity contribution in [2.24, 2.45) is 0 Å². The molecule has 0 saturated carbocycles. The summed E-state index contributed by atoms with van der Waals surface area (Å²) in [6.07, 6.45) is -3.82. The van der Waals surface area contributed by atoms with E-state index in [4.69, 9.17) is 0 Å². The summed E-state index contributed by atoms with van der Waals surface area (Å²) in [6, 6.07) is 11.8. The summed E-state index contributed by atoms with van der Waals surface area (Å²) in [7, 11) is 0. The molecule has 2 aromatic rings. The van der Waals surface area contributed by atoms with Gasteiger partial charge in [0.2, 0.25) is 0 Å². The van der Waals surface area contributed by atoms with Crippen LogP contribution in [0.5, 0.6) is 0 Å². The Morgan fingerprint density at radius 2 is 1.79 bits per heavy atom. The Morgan fingerprint density at radius 1 is 1.12 bits per heavy atom. The van der Waals surface area contributed by atoms with Gasteiger partial charge in [-0.3, -0.25) is 4.79 Å². The molecular weight excluding hydrogens is 317 g/mol. The fourth-order valence-electron chi connectivity index (χ4n) is 2.43. The molecule has 0 radical (unpaired) electrons. The lowest BCUT2D eigenvalue weighted by atomic mass is 10.1. The molecule has 0 bridgehead atoms. The maximum Gasteiger partial charge on any atom is 0.433 e. The maximum atomic E-state index is 12.7. The second-order valence-electron chi connectivity index (χ2n) is 5.45. The monoisotopic (exact) mass is 336 g/mol. The van der Waals surface area contributed by atoms with E-state index >= 15 is 0 Å². The van der Waals surface area contributed by atoms with Crippen LogP contribution in [0.3, 0.4) is 0 Å². The molecule has 1 heterocycles. The molecule has 1 aromatic carbocycles. The third kappa shape index (κ3) is 4.34. The molecule has 0 N–H and O–H groups in total. The van der Waals surface area contributed by atoms with E-state index in [0.29, 0.717) is 19.5 Å². The Kier molecular flexibility index (Phi) is 5.59. The summed E-state index contributed by atoms with van der Waals surface area (Å²) in [5, 5.41) is 0. The first-order valence-electron chi connectivity index (χ1n) is 7.71. The van der Waals surface area contributed by atoms with E-state index in [1.807, 2.05) is 37.3 Å². The number of rotatable bonds is 5. The number of pyridine rings is 1. The molecule has 0 spiro atoms. The molecular formula is C18H19F3N2O. The smallest absolute Gasteiger partial charge is 0.339 e. The zero-order valence-corrected chi connectivity index (χ0v) is 13.6. The third-order valence-electron chi connectivity index (χ3n) is 3.79. The predicted molar refractivity (Wildman–Crippen MR) is 85.7 cm³/mol. The van der Waals surface area contributed by atoms with Crippen molar-refractivity contribution in [2.45, 2.75) is 26.4 Å². The van der Waals surface area contributed by atoms with Crippen LogP contribution in [0, 0.1) is 6.92 Å². The second kappa shape index (κ2) is 7.47. The minimum absolute atomic E-state index is 0.0907. The average molecular weight is 336 g/mol. The summed E-state index contributed by atoms with van der Waals surface area (Å²) in [5.74, 6) is -0.299. The zero-order chi connectivity index (χ0) is 17.7. The normalized spacial score (nSPS) is 11.4. The largest absolute Gasteiger partial charge is 0.433 e. The van der Waals surface area contributed by atoms with Gasteiger partial charge < -0.3 is 4.90 Å². The summed E-state index contributed by atoms with van der Waals surface area (Å²) < 4.78 is 38.0. The van der Waals surface area contributed by atoms with Gasteiger partial charge in [-0.05, 0) is 38.0 Å². The summed E-state index contributed by atoms with van der Waals surface area (Å²) in [6.45, 7) is 4.25. The number of halogens is 3. The van der Waals surface area contributed by atoms with Gasteiger partial charge >= 0.3 is 6.18 Å². The molecule has 3 nitrogen and oxygen atoms in total. The van der Waals surface area contributed by atoms with E-state index in [9.17, 15) is 18.0 Å². The average Bonchev–Trinajstić information content (AvgIpc) is 2.55. The van der Waals surface area contributed by atoms with Crippen molar-refractivity contribution in [1.29, 1.82) is 0 Å². The number of hydrogen-bond donors (Lipinski definition) is 0. The first kappa shape index (κ1) is 18.0. The standard InChI is InChI=1S/C18H19F3N2O/c1-3-23(12-11-14-7-5-4-6-8-14)17(24)15-9-10-16(18(19,20)21)22-13(15)2/h4-10H,3,11-12H2,1-2H3. The SMILES string of the molecule is CCN(CCc1ccccc1)C(=O)c1ccc(C(F)(F)F)nc1C. The van der Waals surface area contributed by atoms with E-state index in [1.165, 1.54) is 13.0 Å². The number of aryl methyl sites for hydroxylation is 1. The molecule has 0 aliphatic carbocycles. The van der Waals surface area contributed by atoms with Crippen molar-refractivity contribution < 1.29 is 18.0 Å². The molecule has 1 aromatic heterocycles. The Labute approximate surface area is 139 Å². The van der Waals surface area contributed by atoms with Gasteiger partial charge in [-0.15, -0.1) is 0 Å². The quantitative estimate of drug-likeness (QED) is 0.823. The summed E-state index contributed by atoms with van der Waals surface area (Å²) in [5.41, 5.74) is 0.417. The molecule has 0 unspecified atom stereocenters. The first-order chi connectivity index (χ1) is 11.3. The third-order valence-corrected chi connectivity index (χ3v) is 3.79. The van der Waals surface area contributed by atoms with Gasteiger partial charge in [0.05, 0.1) is 11.3 Å². The highest BCUT2D eigenvalue weighted by molar-refractivity contribution is 5.95. The van der Waals surface area contributed by atoms with Crippen molar-refractivity contribution in [1.82, 2.24) is 9.88 Å². The molecule has 0 aliphatic rings. The first-order valence-corrected chi connectivity index (χ1v) is 7.71. The Hall–Kier alpha value is -2.37. The van der Waals surface area contributed by atoms with Crippen LogP contribution < -0.4 is 0 Å². The van der Waals surface area contributed by atoms with E-state index < -0.39 is 11.9 Å². The molecule has 0 atom stereocenters. The van der Waals surface area contributed by atoms with E-state index in [1.54, 1.807) is 4.90 Å². The van der Waals surface area contributed by atoms with E-state index in [0.717, 1.165) is 11.6 Å². The highest BCUT2D eigenvalue weighted by Gasteiger charge is 2.33. The van der Waals surface area contributed by atoms with Crippen LogP contribution in [0.25, 0.3) is 0 Å². The van der Waals surface area contributed by atoms with Crippen LogP contribution in [-0.2, 0) is 12.6 Å². The van der Waals surface area contributed by atoms with Gasteiger partial charge in [-0.25, -0.2) is 4.98 Å². The Balaban J connectivity index is 2.13. The molecule has 24 heavy (non-hydrogen) atoms. The summed E-state index contributed by atoms with van der Waals surface area (Å²) in [4.78, 5) is 17.7. The molecule has 2 rings (SSSR count). The number of aromatic nitrogens is 1. The van der Waals surface area contributed by atoms with E-state index in [2.05, 4.69) is 4.98 Å². The van der Waals surface area contributed by atoms with Gasteiger partial charge in [0.1, 0.15) is 5.69 Å². The predicted octanol–water partition coefficient (Wildman–Crippen LogP) is 4.11. The fourth-order valence-corrected chi connectivity index (χ4v) is 2.43. The zero-order valence-electron chi connectivity index (χ0n) is 13.6. The van der Waals surface area contributed by atoms with Gasteiger partial charge in [0, 0.05) is 13.1 Å². The van der Waals surface area contributed by atoms with Crippen LogP contribution in [0.2, 0.25) is 0 Å².